The lowest BCUT2D eigenvalue weighted by molar-refractivity contribution is 0.143. The van der Waals surface area contributed by atoms with Crippen molar-refractivity contribution in [2.24, 2.45) is 13.0 Å². The summed E-state index contributed by atoms with van der Waals surface area (Å²) < 4.78 is 1.66. The number of aliphatic hydroxyl groups excluding tert-OH is 1. The molecule has 0 amide bonds. The Bertz CT molecular complexity index is 318. The summed E-state index contributed by atoms with van der Waals surface area (Å²) >= 11 is 0. The molecule has 90 valence electrons. The third-order valence-electron chi connectivity index (χ3n) is 3.66. The topological polar surface area (TPSA) is 50.9 Å². The van der Waals surface area contributed by atoms with Gasteiger partial charge in [0.25, 0.3) is 0 Å². The second kappa shape index (κ2) is 5.43. The van der Waals surface area contributed by atoms with Crippen LogP contribution in [0, 0.1) is 5.92 Å². The number of nitrogens with zero attached hydrogens (tertiary/aromatic N) is 3. The summed E-state index contributed by atoms with van der Waals surface area (Å²) in [4.78, 5) is 0. The van der Waals surface area contributed by atoms with Gasteiger partial charge in [-0.2, -0.15) is 0 Å². The summed E-state index contributed by atoms with van der Waals surface area (Å²) in [6.07, 6.45) is 10.0. The molecule has 1 aliphatic carbocycles. The Morgan fingerprint density at radius 3 is 2.81 bits per heavy atom. The molecular weight excluding hydrogens is 202 g/mol. The molecule has 1 aromatic rings. The standard InChI is InChI=1S/C12H21N3O/c1-15-11(9-13-14-15)12(16)8-7-10-5-3-2-4-6-10/h9-10,12,16H,2-8H2,1H3. The van der Waals surface area contributed by atoms with E-state index in [2.05, 4.69) is 10.3 Å². The average Bonchev–Trinajstić information content (AvgIpc) is 2.74. The SMILES string of the molecule is Cn1nncc1C(O)CCC1CCCCC1. The zero-order chi connectivity index (χ0) is 11.4. The Morgan fingerprint density at radius 1 is 1.44 bits per heavy atom. The molecule has 1 aromatic heterocycles. The van der Waals surface area contributed by atoms with Crippen LogP contribution in [0.1, 0.15) is 56.7 Å². The summed E-state index contributed by atoms with van der Waals surface area (Å²) in [6.45, 7) is 0. The number of hydrogen-bond acceptors (Lipinski definition) is 3. The lowest BCUT2D eigenvalue weighted by Crippen LogP contribution is -2.10. The molecule has 0 bridgehead atoms. The average molecular weight is 223 g/mol. The third kappa shape index (κ3) is 2.82. The van der Waals surface area contributed by atoms with E-state index < -0.39 is 6.10 Å². The predicted octanol–water partition coefficient (Wildman–Crippen LogP) is 2.21. The van der Waals surface area contributed by atoms with Crippen LogP contribution in [0.25, 0.3) is 0 Å². The minimum atomic E-state index is -0.401. The first-order valence-corrected chi connectivity index (χ1v) is 6.30. The van der Waals surface area contributed by atoms with Gasteiger partial charge in [-0.1, -0.05) is 37.3 Å². The van der Waals surface area contributed by atoms with Crippen molar-refractivity contribution in [1.29, 1.82) is 0 Å². The minimum absolute atomic E-state index is 0.401. The summed E-state index contributed by atoms with van der Waals surface area (Å²) in [7, 11) is 1.83. The van der Waals surface area contributed by atoms with E-state index in [9.17, 15) is 5.11 Å². The molecule has 0 saturated heterocycles. The molecular formula is C12H21N3O. The lowest BCUT2D eigenvalue weighted by Gasteiger charge is -2.22. The van der Waals surface area contributed by atoms with E-state index in [1.54, 1.807) is 10.9 Å². The number of aliphatic hydroxyl groups is 1. The molecule has 1 saturated carbocycles. The lowest BCUT2D eigenvalue weighted by atomic mass is 9.85. The molecule has 1 unspecified atom stereocenters. The van der Waals surface area contributed by atoms with E-state index in [1.165, 1.54) is 32.1 Å². The maximum Gasteiger partial charge on any atom is 0.0973 e. The first-order chi connectivity index (χ1) is 7.77. The normalized spacial score (nSPS) is 19.9. The summed E-state index contributed by atoms with van der Waals surface area (Å²) in [5.74, 6) is 0.824. The third-order valence-corrected chi connectivity index (χ3v) is 3.66. The van der Waals surface area contributed by atoms with E-state index >= 15 is 0 Å². The van der Waals surface area contributed by atoms with Crippen molar-refractivity contribution in [1.82, 2.24) is 15.0 Å². The maximum atomic E-state index is 10.0. The zero-order valence-electron chi connectivity index (χ0n) is 9.97. The fraction of sp³-hybridized carbons (Fsp3) is 0.833. The molecule has 1 heterocycles. The van der Waals surface area contributed by atoms with Crippen LogP contribution in [0.2, 0.25) is 0 Å². The largest absolute Gasteiger partial charge is 0.387 e. The van der Waals surface area contributed by atoms with Crippen LogP contribution in [0.5, 0.6) is 0 Å². The summed E-state index contributed by atoms with van der Waals surface area (Å²) in [5.41, 5.74) is 0.829. The van der Waals surface area contributed by atoms with Crippen LogP contribution in [0.3, 0.4) is 0 Å². The molecule has 1 atom stereocenters. The van der Waals surface area contributed by atoms with Crippen molar-refractivity contribution in [3.05, 3.63) is 11.9 Å². The molecule has 0 radical (unpaired) electrons. The van der Waals surface area contributed by atoms with Crippen molar-refractivity contribution in [2.75, 3.05) is 0 Å². The van der Waals surface area contributed by atoms with Crippen LogP contribution in [0.4, 0.5) is 0 Å². The van der Waals surface area contributed by atoms with Gasteiger partial charge in [-0.05, 0) is 18.8 Å². The Kier molecular flexibility index (Phi) is 3.93. The van der Waals surface area contributed by atoms with E-state index in [-0.39, 0.29) is 0 Å². The first kappa shape index (κ1) is 11.6. The van der Waals surface area contributed by atoms with Crippen LogP contribution in [0.15, 0.2) is 6.20 Å². The first-order valence-electron chi connectivity index (χ1n) is 6.30. The molecule has 1 N–H and O–H groups in total. The van der Waals surface area contributed by atoms with Crippen molar-refractivity contribution < 1.29 is 5.11 Å². The zero-order valence-corrected chi connectivity index (χ0v) is 9.97. The molecule has 2 rings (SSSR count). The second-order valence-corrected chi connectivity index (χ2v) is 4.88. The van der Waals surface area contributed by atoms with Gasteiger partial charge in [-0.15, -0.1) is 5.10 Å². The number of hydrogen-bond donors (Lipinski definition) is 1. The van der Waals surface area contributed by atoms with Gasteiger partial charge in [-0.3, -0.25) is 0 Å². The molecule has 0 aliphatic heterocycles. The molecule has 16 heavy (non-hydrogen) atoms. The van der Waals surface area contributed by atoms with Gasteiger partial charge in [0.05, 0.1) is 18.0 Å². The highest BCUT2D eigenvalue weighted by Gasteiger charge is 2.17. The van der Waals surface area contributed by atoms with E-state index in [0.29, 0.717) is 0 Å². The predicted molar refractivity (Wildman–Crippen MR) is 61.8 cm³/mol. The molecule has 1 fully saturated rings. The highest BCUT2D eigenvalue weighted by molar-refractivity contribution is 4.98. The Labute approximate surface area is 96.7 Å². The summed E-state index contributed by atoms with van der Waals surface area (Å²) in [5, 5.41) is 17.6. The number of aryl methyl sites for hydroxylation is 1. The quantitative estimate of drug-likeness (QED) is 0.851. The van der Waals surface area contributed by atoms with Crippen molar-refractivity contribution in [3.63, 3.8) is 0 Å². The van der Waals surface area contributed by atoms with Crippen molar-refractivity contribution >= 4 is 0 Å². The molecule has 4 nitrogen and oxygen atoms in total. The molecule has 0 spiro atoms. The molecule has 0 aromatic carbocycles. The van der Waals surface area contributed by atoms with Gasteiger partial charge < -0.3 is 5.11 Å². The van der Waals surface area contributed by atoms with Gasteiger partial charge in [0.1, 0.15) is 0 Å². The van der Waals surface area contributed by atoms with Gasteiger partial charge in [0, 0.05) is 7.05 Å². The van der Waals surface area contributed by atoms with Crippen LogP contribution < -0.4 is 0 Å². The highest BCUT2D eigenvalue weighted by Crippen LogP contribution is 2.29. The fourth-order valence-electron chi connectivity index (χ4n) is 2.62. The van der Waals surface area contributed by atoms with Gasteiger partial charge >= 0.3 is 0 Å². The Balaban J connectivity index is 1.79. The summed E-state index contributed by atoms with van der Waals surface area (Å²) in [6, 6.07) is 0. The van der Waals surface area contributed by atoms with Crippen molar-refractivity contribution in [3.8, 4) is 0 Å². The number of aromatic nitrogens is 3. The second-order valence-electron chi connectivity index (χ2n) is 4.88. The molecule has 4 heteroatoms. The molecule has 1 aliphatic rings. The minimum Gasteiger partial charge on any atom is -0.387 e. The van der Waals surface area contributed by atoms with Crippen LogP contribution in [-0.4, -0.2) is 20.1 Å². The van der Waals surface area contributed by atoms with Gasteiger partial charge in [0.15, 0.2) is 0 Å². The van der Waals surface area contributed by atoms with Crippen LogP contribution >= 0.6 is 0 Å². The van der Waals surface area contributed by atoms with Crippen molar-refractivity contribution in [2.45, 2.75) is 51.0 Å². The van der Waals surface area contributed by atoms with Gasteiger partial charge in [-0.25, -0.2) is 4.68 Å². The number of rotatable bonds is 4. The van der Waals surface area contributed by atoms with E-state index in [4.69, 9.17) is 0 Å². The smallest absolute Gasteiger partial charge is 0.0973 e. The highest BCUT2D eigenvalue weighted by atomic mass is 16.3. The van der Waals surface area contributed by atoms with Crippen LogP contribution in [-0.2, 0) is 7.05 Å². The monoisotopic (exact) mass is 223 g/mol. The Hall–Kier alpha value is -0.900. The van der Waals surface area contributed by atoms with Gasteiger partial charge in [0.2, 0.25) is 0 Å². The maximum absolute atomic E-state index is 10.0. The van der Waals surface area contributed by atoms with E-state index in [0.717, 1.165) is 24.5 Å². The Morgan fingerprint density at radius 2 is 2.19 bits per heavy atom. The fourth-order valence-corrected chi connectivity index (χ4v) is 2.62. The van der Waals surface area contributed by atoms with E-state index in [1.807, 2.05) is 7.05 Å².